The average molecular weight is 281 g/mol. The topological polar surface area (TPSA) is 50.5 Å². The van der Waals surface area contributed by atoms with Crippen molar-refractivity contribution < 1.29 is 9.26 Å². The predicted octanol–water partition coefficient (Wildman–Crippen LogP) is 2.17. The average Bonchev–Trinajstić information content (AvgIpc) is 2.84. The zero-order chi connectivity index (χ0) is 14.5. The summed E-state index contributed by atoms with van der Waals surface area (Å²) in [5, 5.41) is 7.48. The smallest absolute Gasteiger partial charge is 0.151 e. The van der Waals surface area contributed by atoms with Gasteiger partial charge in [0, 0.05) is 31.2 Å². The molecule has 1 aliphatic heterocycles. The van der Waals surface area contributed by atoms with E-state index in [1.807, 2.05) is 0 Å². The summed E-state index contributed by atoms with van der Waals surface area (Å²) in [7, 11) is 0. The molecule has 5 nitrogen and oxygen atoms in total. The molecule has 2 rings (SSSR count). The van der Waals surface area contributed by atoms with Gasteiger partial charge in [-0.3, -0.25) is 4.90 Å². The molecule has 114 valence electrons. The van der Waals surface area contributed by atoms with Crippen LogP contribution >= 0.6 is 0 Å². The van der Waals surface area contributed by atoms with E-state index >= 15 is 0 Å². The van der Waals surface area contributed by atoms with Crippen molar-refractivity contribution in [3.05, 3.63) is 17.5 Å². The highest BCUT2D eigenvalue weighted by Gasteiger charge is 2.26. The number of ether oxygens (including phenoxy) is 1. The molecule has 1 aromatic rings. The van der Waals surface area contributed by atoms with Gasteiger partial charge in [-0.1, -0.05) is 25.9 Å². The van der Waals surface area contributed by atoms with Crippen molar-refractivity contribution in [2.75, 3.05) is 13.2 Å². The summed E-state index contributed by atoms with van der Waals surface area (Å²) in [5.41, 5.74) is 0.975. The maximum absolute atomic E-state index is 5.72. The molecule has 0 bridgehead atoms. The van der Waals surface area contributed by atoms with Crippen LogP contribution in [0.1, 0.15) is 45.6 Å². The van der Waals surface area contributed by atoms with Crippen LogP contribution in [0.25, 0.3) is 0 Å². The molecule has 0 aliphatic carbocycles. The molecule has 0 aromatic carbocycles. The Labute approximate surface area is 121 Å². The van der Waals surface area contributed by atoms with E-state index in [4.69, 9.17) is 9.26 Å². The monoisotopic (exact) mass is 281 g/mol. The Hall–Kier alpha value is -0.910. The van der Waals surface area contributed by atoms with E-state index in [0.717, 1.165) is 44.1 Å². The molecule has 0 saturated carbocycles. The van der Waals surface area contributed by atoms with Gasteiger partial charge in [-0.15, -0.1) is 0 Å². The summed E-state index contributed by atoms with van der Waals surface area (Å²) in [6.07, 6.45) is 1.39. The highest BCUT2D eigenvalue weighted by atomic mass is 16.5. The molecule has 2 heterocycles. The van der Waals surface area contributed by atoms with Gasteiger partial charge in [0.25, 0.3) is 0 Å². The van der Waals surface area contributed by atoms with Crippen LogP contribution in [-0.2, 0) is 17.8 Å². The Bertz CT molecular complexity index is 406. The first-order chi connectivity index (χ1) is 9.58. The molecule has 1 saturated heterocycles. The van der Waals surface area contributed by atoms with E-state index in [0.29, 0.717) is 18.2 Å². The van der Waals surface area contributed by atoms with Gasteiger partial charge in [0.05, 0.1) is 24.9 Å². The van der Waals surface area contributed by atoms with Crippen LogP contribution in [0, 0.1) is 0 Å². The molecule has 20 heavy (non-hydrogen) atoms. The van der Waals surface area contributed by atoms with Gasteiger partial charge < -0.3 is 14.6 Å². The summed E-state index contributed by atoms with van der Waals surface area (Å²) in [5.74, 6) is 0.943. The van der Waals surface area contributed by atoms with Crippen LogP contribution in [0.5, 0.6) is 0 Å². The summed E-state index contributed by atoms with van der Waals surface area (Å²) < 4.78 is 11.2. The highest BCUT2D eigenvalue weighted by Crippen LogP contribution is 2.18. The van der Waals surface area contributed by atoms with Gasteiger partial charge in [-0.05, 0) is 13.3 Å². The standard InChI is InChI=1S/C15H27N3O2/c1-5-14-10-19-12(4)8-18(14)9-15-6-13(17-20-15)7-16-11(2)3/h6,11-12,14,16H,5,7-10H2,1-4H3. The van der Waals surface area contributed by atoms with Crippen LogP contribution in [0.3, 0.4) is 0 Å². The van der Waals surface area contributed by atoms with Gasteiger partial charge in [-0.2, -0.15) is 0 Å². The van der Waals surface area contributed by atoms with Gasteiger partial charge in [0.2, 0.25) is 0 Å². The minimum atomic E-state index is 0.294. The third-order valence-corrected chi connectivity index (χ3v) is 3.71. The number of morpholine rings is 1. The molecule has 1 N–H and O–H groups in total. The second-order valence-corrected chi connectivity index (χ2v) is 5.96. The third-order valence-electron chi connectivity index (χ3n) is 3.71. The maximum atomic E-state index is 5.72. The van der Waals surface area contributed by atoms with Gasteiger partial charge in [0.15, 0.2) is 5.76 Å². The quantitative estimate of drug-likeness (QED) is 0.866. The number of nitrogens with zero attached hydrogens (tertiary/aromatic N) is 2. The van der Waals surface area contributed by atoms with E-state index < -0.39 is 0 Å². The summed E-state index contributed by atoms with van der Waals surface area (Å²) in [4.78, 5) is 2.44. The minimum Gasteiger partial charge on any atom is -0.376 e. The Morgan fingerprint density at radius 1 is 1.50 bits per heavy atom. The van der Waals surface area contributed by atoms with E-state index in [9.17, 15) is 0 Å². The van der Waals surface area contributed by atoms with Crippen LogP contribution < -0.4 is 5.32 Å². The largest absolute Gasteiger partial charge is 0.376 e. The fourth-order valence-corrected chi connectivity index (χ4v) is 2.50. The van der Waals surface area contributed by atoms with E-state index in [1.54, 1.807) is 0 Å². The molecule has 0 spiro atoms. The second-order valence-electron chi connectivity index (χ2n) is 5.96. The number of hydrogen-bond acceptors (Lipinski definition) is 5. The van der Waals surface area contributed by atoms with Crippen molar-refractivity contribution in [1.82, 2.24) is 15.4 Å². The number of hydrogen-bond donors (Lipinski definition) is 1. The first-order valence-electron chi connectivity index (χ1n) is 7.62. The molecular formula is C15H27N3O2. The number of rotatable bonds is 6. The van der Waals surface area contributed by atoms with Crippen LogP contribution in [0.4, 0.5) is 0 Å². The predicted molar refractivity (Wildman–Crippen MR) is 78.4 cm³/mol. The third kappa shape index (κ3) is 4.30. The van der Waals surface area contributed by atoms with Gasteiger partial charge in [0.1, 0.15) is 0 Å². The molecule has 1 aliphatic rings. The van der Waals surface area contributed by atoms with Crippen molar-refractivity contribution in [3.8, 4) is 0 Å². The fourth-order valence-electron chi connectivity index (χ4n) is 2.50. The fraction of sp³-hybridized carbons (Fsp3) is 0.800. The Morgan fingerprint density at radius 3 is 3.00 bits per heavy atom. The molecule has 5 heteroatoms. The molecule has 2 unspecified atom stereocenters. The van der Waals surface area contributed by atoms with Crippen LogP contribution in [-0.4, -0.2) is 41.4 Å². The molecule has 2 atom stereocenters. The minimum absolute atomic E-state index is 0.294. The Balaban J connectivity index is 1.91. The van der Waals surface area contributed by atoms with E-state index in [-0.39, 0.29) is 0 Å². The van der Waals surface area contributed by atoms with Crippen LogP contribution in [0.15, 0.2) is 10.6 Å². The van der Waals surface area contributed by atoms with Crippen molar-refractivity contribution in [1.29, 1.82) is 0 Å². The Morgan fingerprint density at radius 2 is 2.30 bits per heavy atom. The zero-order valence-electron chi connectivity index (χ0n) is 13.1. The summed E-state index contributed by atoms with van der Waals surface area (Å²) in [6.45, 7) is 11.9. The van der Waals surface area contributed by atoms with E-state index in [1.165, 1.54) is 0 Å². The zero-order valence-corrected chi connectivity index (χ0v) is 13.1. The van der Waals surface area contributed by atoms with Crippen molar-refractivity contribution >= 4 is 0 Å². The van der Waals surface area contributed by atoms with Crippen molar-refractivity contribution in [3.63, 3.8) is 0 Å². The second kappa shape index (κ2) is 7.20. The molecule has 0 radical (unpaired) electrons. The lowest BCUT2D eigenvalue weighted by atomic mass is 10.1. The molecule has 1 fully saturated rings. The van der Waals surface area contributed by atoms with Crippen molar-refractivity contribution in [2.24, 2.45) is 0 Å². The normalized spacial score (nSPS) is 24.4. The van der Waals surface area contributed by atoms with Gasteiger partial charge >= 0.3 is 0 Å². The molecular weight excluding hydrogens is 254 g/mol. The van der Waals surface area contributed by atoms with Crippen LogP contribution in [0.2, 0.25) is 0 Å². The van der Waals surface area contributed by atoms with Gasteiger partial charge in [-0.25, -0.2) is 0 Å². The highest BCUT2D eigenvalue weighted by molar-refractivity contribution is 5.05. The van der Waals surface area contributed by atoms with Crippen molar-refractivity contribution in [2.45, 2.75) is 65.4 Å². The Kier molecular flexibility index (Phi) is 5.57. The number of aromatic nitrogens is 1. The molecule has 1 aromatic heterocycles. The van der Waals surface area contributed by atoms with E-state index in [2.05, 4.69) is 49.1 Å². The first kappa shape index (κ1) is 15.5. The first-order valence-corrected chi connectivity index (χ1v) is 7.62. The lowest BCUT2D eigenvalue weighted by Crippen LogP contribution is -2.47. The SMILES string of the molecule is CCC1COC(C)CN1Cc1cc(CNC(C)C)no1. The number of nitrogens with one attached hydrogen (secondary N) is 1. The summed E-state index contributed by atoms with van der Waals surface area (Å²) in [6, 6.07) is 3.00. The maximum Gasteiger partial charge on any atom is 0.151 e. The lowest BCUT2D eigenvalue weighted by molar-refractivity contribution is -0.0615. The molecule has 0 amide bonds. The summed E-state index contributed by atoms with van der Waals surface area (Å²) >= 11 is 0. The lowest BCUT2D eigenvalue weighted by Gasteiger charge is -2.37.